The molecule has 1 amide bonds. The quantitative estimate of drug-likeness (QED) is 0.411. The van der Waals surface area contributed by atoms with Crippen LogP contribution in [0.15, 0.2) is 11.0 Å². The van der Waals surface area contributed by atoms with Crippen LogP contribution in [0.4, 0.5) is 0 Å². The zero-order chi connectivity index (χ0) is 20.8. The number of fused-ring (bicyclic) bond motifs is 1. The molecule has 154 valence electrons. The Kier molecular flexibility index (Phi) is 6.25. The SMILES string of the molecule is CC(=O)OCC1=C(P(=O)(OC(C)(C)C)OC(C)(C)C)N2C(=O)[C@H](N)[C@H]2SC1. The molecule has 0 aromatic heterocycles. The Morgan fingerprint density at radius 2 is 1.74 bits per heavy atom. The van der Waals surface area contributed by atoms with Gasteiger partial charge in [-0.05, 0) is 41.5 Å². The molecule has 0 aliphatic carbocycles. The van der Waals surface area contributed by atoms with Crippen molar-refractivity contribution in [3.8, 4) is 0 Å². The van der Waals surface area contributed by atoms with Gasteiger partial charge in [-0.3, -0.25) is 28.1 Å². The van der Waals surface area contributed by atoms with Gasteiger partial charge in [-0.2, -0.15) is 0 Å². The van der Waals surface area contributed by atoms with E-state index >= 15 is 0 Å². The second kappa shape index (κ2) is 7.52. The predicted molar refractivity (Wildman–Crippen MR) is 104 cm³/mol. The van der Waals surface area contributed by atoms with Crippen molar-refractivity contribution in [3.05, 3.63) is 11.0 Å². The van der Waals surface area contributed by atoms with E-state index in [0.717, 1.165) is 0 Å². The average molecular weight is 420 g/mol. The van der Waals surface area contributed by atoms with Gasteiger partial charge in [0.25, 0.3) is 0 Å². The molecule has 2 N–H and O–H groups in total. The lowest BCUT2D eigenvalue weighted by Crippen LogP contribution is -2.67. The van der Waals surface area contributed by atoms with Gasteiger partial charge in [0.15, 0.2) is 0 Å². The van der Waals surface area contributed by atoms with Crippen molar-refractivity contribution in [2.24, 2.45) is 5.73 Å². The summed E-state index contributed by atoms with van der Waals surface area (Å²) in [6.45, 7) is 11.8. The number of rotatable bonds is 5. The zero-order valence-corrected chi connectivity index (χ0v) is 18.6. The first-order chi connectivity index (χ1) is 12.1. The predicted octanol–water partition coefficient (Wildman–Crippen LogP) is 2.83. The summed E-state index contributed by atoms with van der Waals surface area (Å²) in [6, 6.07) is -0.669. The Labute approximate surface area is 164 Å². The number of hydrogen-bond donors (Lipinski definition) is 1. The molecule has 0 radical (unpaired) electrons. The number of thioether (sulfide) groups is 1. The number of nitrogens with two attached hydrogens (primary N) is 1. The zero-order valence-electron chi connectivity index (χ0n) is 16.9. The third-order valence-corrected chi connectivity index (χ3v) is 7.54. The van der Waals surface area contributed by atoms with Gasteiger partial charge >= 0.3 is 13.6 Å². The fourth-order valence-corrected chi connectivity index (χ4v) is 6.89. The molecule has 2 heterocycles. The third kappa shape index (κ3) is 5.15. The highest BCUT2D eigenvalue weighted by Gasteiger charge is 2.56. The van der Waals surface area contributed by atoms with Crippen LogP contribution in [0.3, 0.4) is 0 Å². The van der Waals surface area contributed by atoms with E-state index in [2.05, 4.69) is 0 Å². The van der Waals surface area contributed by atoms with Crippen molar-refractivity contribution >= 4 is 31.2 Å². The first-order valence-corrected chi connectivity index (χ1v) is 11.3. The van der Waals surface area contributed by atoms with E-state index in [4.69, 9.17) is 19.5 Å². The number of hydrogen-bond acceptors (Lipinski definition) is 8. The van der Waals surface area contributed by atoms with Gasteiger partial charge in [-0.1, -0.05) is 0 Å². The molecule has 27 heavy (non-hydrogen) atoms. The lowest BCUT2D eigenvalue weighted by atomic mass is 10.1. The van der Waals surface area contributed by atoms with Gasteiger partial charge in [0.1, 0.15) is 23.5 Å². The third-order valence-electron chi connectivity index (χ3n) is 3.55. The van der Waals surface area contributed by atoms with Crippen molar-refractivity contribution in [3.63, 3.8) is 0 Å². The van der Waals surface area contributed by atoms with Crippen LogP contribution in [0, 0.1) is 0 Å². The van der Waals surface area contributed by atoms with E-state index in [1.54, 1.807) is 41.5 Å². The molecule has 0 unspecified atom stereocenters. The second-order valence-corrected chi connectivity index (χ2v) is 11.4. The molecule has 10 heteroatoms. The fourth-order valence-electron chi connectivity index (χ4n) is 2.76. The van der Waals surface area contributed by atoms with Crippen molar-refractivity contribution < 1.29 is 27.9 Å². The highest BCUT2D eigenvalue weighted by molar-refractivity contribution is 8.00. The Morgan fingerprint density at radius 3 is 2.19 bits per heavy atom. The maximum Gasteiger partial charge on any atom is 0.378 e. The molecule has 0 spiro atoms. The van der Waals surface area contributed by atoms with E-state index in [1.165, 1.54) is 23.6 Å². The molecule has 2 aliphatic rings. The topological polar surface area (TPSA) is 108 Å². The molecule has 2 aliphatic heterocycles. The summed E-state index contributed by atoms with van der Waals surface area (Å²) in [6.07, 6.45) is 0. The Bertz CT molecular complexity index is 689. The summed E-state index contributed by atoms with van der Waals surface area (Å²) in [7, 11) is -3.94. The van der Waals surface area contributed by atoms with Gasteiger partial charge < -0.3 is 10.5 Å². The maximum absolute atomic E-state index is 14.0. The van der Waals surface area contributed by atoms with Crippen LogP contribution in [0.5, 0.6) is 0 Å². The summed E-state index contributed by atoms with van der Waals surface area (Å²) in [5, 5.41) is -0.339. The van der Waals surface area contributed by atoms with E-state index in [9.17, 15) is 14.2 Å². The Balaban J connectivity index is 2.57. The molecule has 0 aromatic rings. The molecule has 8 nitrogen and oxygen atoms in total. The van der Waals surface area contributed by atoms with Crippen LogP contribution in [0.25, 0.3) is 0 Å². The highest BCUT2D eigenvalue weighted by atomic mass is 32.2. The van der Waals surface area contributed by atoms with Crippen LogP contribution < -0.4 is 5.73 Å². The molecule has 0 saturated carbocycles. The van der Waals surface area contributed by atoms with E-state index in [1.807, 2.05) is 0 Å². The molecular weight excluding hydrogens is 391 g/mol. The van der Waals surface area contributed by atoms with Crippen LogP contribution in [-0.4, -0.2) is 51.8 Å². The first kappa shape index (κ1) is 22.4. The minimum absolute atomic E-state index is 0.0889. The highest BCUT2D eigenvalue weighted by Crippen LogP contribution is 2.65. The number of ether oxygens (including phenoxy) is 1. The molecule has 0 aromatic carbocycles. The van der Waals surface area contributed by atoms with Gasteiger partial charge in [-0.15, -0.1) is 11.8 Å². The standard InChI is InChI=1S/C17H29N2O6PS/c1-10(20)23-8-11-9-27-15-12(18)13(21)19(15)14(11)26(22,24-16(2,3)4)25-17(5,6)7/h12,15H,8-9,18H2,1-7H3/t12-,15+/m0/s1. The summed E-state index contributed by atoms with van der Waals surface area (Å²) < 4.78 is 30.9. The smallest absolute Gasteiger partial charge is 0.378 e. The van der Waals surface area contributed by atoms with Crippen molar-refractivity contribution in [2.45, 2.75) is 71.1 Å². The minimum atomic E-state index is -3.94. The number of esters is 1. The number of amides is 1. The lowest BCUT2D eigenvalue weighted by Gasteiger charge is -2.50. The van der Waals surface area contributed by atoms with Gasteiger partial charge in [0.05, 0.1) is 11.2 Å². The summed E-state index contributed by atoms with van der Waals surface area (Å²) in [5.74, 6) is -0.405. The van der Waals surface area contributed by atoms with Crippen LogP contribution in [-0.2, 0) is 27.9 Å². The second-order valence-electron chi connectivity index (χ2n) is 8.55. The number of carbonyl (C=O) groups excluding carboxylic acids is 2. The van der Waals surface area contributed by atoms with Gasteiger partial charge in [0.2, 0.25) is 5.91 Å². The van der Waals surface area contributed by atoms with E-state index in [-0.39, 0.29) is 23.3 Å². The summed E-state index contributed by atoms with van der Waals surface area (Å²) >= 11 is 1.44. The number of β-lactam (4-membered cyclic amide) rings is 1. The van der Waals surface area contributed by atoms with Crippen LogP contribution in [0.2, 0.25) is 0 Å². The van der Waals surface area contributed by atoms with Crippen molar-refractivity contribution in [1.82, 2.24) is 4.90 Å². The van der Waals surface area contributed by atoms with Crippen molar-refractivity contribution in [1.29, 1.82) is 0 Å². The molecule has 2 rings (SSSR count). The molecule has 1 fully saturated rings. The van der Waals surface area contributed by atoms with Crippen molar-refractivity contribution in [2.75, 3.05) is 12.4 Å². The summed E-state index contributed by atoms with van der Waals surface area (Å²) in [4.78, 5) is 25.2. The van der Waals surface area contributed by atoms with Crippen LogP contribution in [0.1, 0.15) is 48.5 Å². The lowest BCUT2D eigenvalue weighted by molar-refractivity contribution is -0.141. The molecule has 1 saturated heterocycles. The minimum Gasteiger partial charge on any atom is -0.461 e. The van der Waals surface area contributed by atoms with Gasteiger partial charge in [-0.25, -0.2) is 0 Å². The maximum atomic E-state index is 14.0. The normalized spacial score (nSPS) is 23.9. The molecular formula is C17H29N2O6PS. The molecule has 0 bridgehead atoms. The fraction of sp³-hybridized carbons (Fsp3) is 0.765. The number of nitrogens with zero attached hydrogens (tertiary/aromatic N) is 1. The van der Waals surface area contributed by atoms with E-state index in [0.29, 0.717) is 11.3 Å². The van der Waals surface area contributed by atoms with Crippen LogP contribution >= 0.6 is 19.4 Å². The van der Waals surface area contributed by atoms with Gasteiger partial charge in [0, 0.05) is 18.2 Å². The monoisotopic (exact) mass is 420 g/mol. The average Bonchev–Trinajstić information content (AvgIpc) is 2.47. The largest absolute Gasteiger partial charge is 0.461 e. The first-order valence-electron chi connectivity index (χ1n) is 8.72. The summed E-state index contributed by atoms with van der Waals surface area (Å²) in [5.41, 5.74) is 5.01. The molecule has 2 atom stereocenters. The number of carbonyl (C=O) groups is 2. The van der Waals surface area contributed by atoms with E-state index < -0.39 is 30.8 Å². The Morgan fingerprint density at radius 1 is 1.22 bits per heavy atom. The Hall–Kier alpha value is -0.860.